The number of fused-ring (bicyclic) bond motifs is 1. The quantitative estimate of drug-likeness (QED) is 0.783. The second-order valence-electron chi connectivity index (χ2n) is 5.56. The molecule has 0 amide bonds. The van der Waals surface area contributed by atoms with E-state index in [1.165, 1.54) is 0 Å². The van der Waals surface area contributed by atoms with Gasteiger partial charge in [-0.05, 0) is 18.8 Å². The summed E-state index contributed by atoms with van der Waals surface area (Å²) >= 11 is 0. The van der Waals surface area contributed by atoms with Crippen LogP contribution in [0.3, 0.4) is 0 Å². The third-order valence-corrected chi connectivity index (χ3v) is 3.19. The fourth-order valence-corrected chi connectivity index (χ4v) is 2.45. The van der Waals surface area contributed by atoms with Gasteiger partial charge in [-0.3, -0.25) is 9.48 Å². The number of ketones is 1. The molecule has 1 aliphatic rings. The summed E-state index contributed by atoms with van der Waals surface area (Å²) in [4.78, 5) is 12.1. The third-order valence-electron chi connectivity index (χ3n) is 3.19. The zero-order chi connectivity index (χ0) is 12.1. The molecule has 1 unspecified atom stereocenters. The molecule has 1 aromatic rings. The number of hydrogen-bond acceptors (Lipinski definition) is 3. The predicted octanol–water partition coefficient (Wildman–Crippen LogP) is 1.59. The Balaban J connectivity index is 2.58. The van der Waals surface area contributed by atoms with Crippen LogP contribution >= 0.6 is 0 Å². The molecule has 0 bridgehead atoms. The number of rotatable bonds is 1. The van der Waals surface area contributed by atoms with Crippen molar-refractivity contribution < 1.29 is 4.79 Å². The first-order chi connectivity index (χ1) is 7.32. The van der Waals surface area contributed by atoms with Crippen molar-refractivity contribution in [3.05, 3.63) is 17.0 Å². The van der Waals surface area contributed by atoms with Gasteiger partial charge in [0.05, 0.1) is 11.3 Å². The van der Waals surface area contributed by atoms with Crippen molar-refractivity contribution >= 4 is 5.78 Å². The van der Waals surface area contributed by atoms with Gasteiger partial charge in [0.25, 0.3) is 0 Å². The van der Waals surface area contributed by atoms with Crippen LogP contribution in [0.15, 0.2) is 0 Å². The Morgan fingerprint density at radius 3 is 2.62 bits per heavy atom. The van der Waals surface area contributed by atoms with Crippen LogP contribution in [-0.2, 0) is 13.5 Å². The summed E-state index contributed by atoms with van der Waals surface area (Å²) in [7, 11) is 1.89. The van der Waals surface area contributed by atoms with Crippen molar-refractivity contribution in [2.24, 2.45) is 18.2 Å². The second kappa shape index (κ2) is 3.42. The van der Waals surface area contributed by atoms with Crippen LogP contribution in [0.5, 0.6) is 0 Å². The maximum absolute atomic E-state index is 12.1. The molecule has 0 saturated heterocycles. The molecule has 1 heterocycles. The molecule has 1 atom stereocenters. The Morgan fingerprint density at radius 2 is 2.06 bits per heavy atom. The largest absolute Gasteiger partial charge is 0.323 e. The van der Waals surface area contributed by atoms with Gasteiger partial charge < -0.3 is 5.73 Å². The van der Waals surface area contributed by atoms with E-state index in [4.69, 9.17) is 5.73 Å². The van der Waals surface area contributed by atoms with Gasteiger partial charge in [0.1, 0.15) is 0 Å². The van der Waals surface area contributed by atoms with E-state index < -0.39 is 0 Å². The van der Waals surface area contributed by atoms with E-state index in [-0.39, 0.29) is 17.2 Å². The molecule has 1 aromatic heterocycles. The topological polar surface area (TPSA) is 60.9 Å². The van der Waals surface area contributed by atoms with E-state index in [1.807, 2.05) is 18.7 Å². The summed E-state index contributed by atoms with van der Waals surface area (Å²) in [5.74, 6) is 0.187. The van der Waals surface area contributed by atoms with Gasteiger partial charge >= 0.3 is 0 Å². The molecule has 0 aromatic carbocycles. The minimum absolute atomic E-state index is 0.0347. The maximum Gasteiger partial charge on any atom is 0.167 e. The first-order valence-corrected chi connectivity index (χ1v) is 5.66. The molecule has 0 radical (unpaired) electrons. The summed E-state index contributed by atoms with van der Waals surface area (Å²) in [6.45, 7) is 6.11. The average molecular weight is 221 g/mol. The molecule has 2 N–H and O–H groups in total. The van der Waals surface area contributed by atoms with Crippen LogP contribution in [0.2, 0.25) is 0 Å². The number of aryl methyl sites for hydroxylation is 1. The lowest BCUT2D eigenvalue weighted by atomic mass is 9.75. The Kier molecular flexibility index (Phi) is 2.42. The lowest BCUT2D eigenvalue weighted by Crippen LogP contribution is -2.28. The van der Waals surface area contributed by atoms with Crippen LogP contribution in [0.25, 0.3) is 0 Å². The number of hydrogen-bond donors (Lipinski definition) is 1. The van der Waals surface area contributed by atoms with E-state index >= 15 is 0 Å². The molecule has 4 heteroatoms. The molecule has 0 spiro atoms. The van der Waals surface area contributed by atoms with E-state index in [2.05, 4.69) is 18.9 Å². The first kappa shape index (κ1) is 11.3. The molecule has 0 aliphatic heterocycles. The van der Waals surface area contributed by atoms with Crippen molar-refractivity contribution in [3.8, 4) is 0 Å². The van der Waals surface area contributed by atoms with Crippen LogP contribution in [0, 0.1) is 5.41 Å². The Morgan fingerprint density at radius 1 is 1.44 bits per heavy atom. The molecule has 16 heavy (non-hydrogen) atoms. The zero-order valence-corrected chi connectivity index (χ0v) is 10.4. The summed E-state index contributed by atoms with van der Waals surface area (Å²) in [6.07, 6.45) is 1.48. The summed E-state index contributed by atoms with van der Waals surface area (Å²) in [5.41, 5.74) is 8.45. The van der Waals surface area contributed by atoms with Crippen molar-refractivity contribution in [2.45, 2.75) is 39.7 Å². The number of carbonyl (C=O) groups excluding carboxylic acids is 1. The van der Waals surface area contributed by atoms with E-state index in [0.717, 1.165) is 23.4 Å². The highest BCUT2D eigenvalue weighted by Crippen LogP contribution is 2.36. The predicted molar refractivity (Wildman–Crippen MR) is 62.2 cm³/mol. The van der Waals surface area contributed by atoms with Gasteiger partial charge in [-0.1, -0.05) is 13.8 Å². The smallest absolute Gasteiger partial charge is 0.167 e. The number of aromatic nitrogens is 2. The highest BCUT2D eigenvalue weighted by Gasteiger charge is 2.36. The molecular formula is C12H19N3O. The fraction of sp³-hybridized carbons (Fsp3) is 0.667. The Hall–Kier alpha value is -1.16. The second-order valence-corrected chi connectivity index (χ2v) is 5.56. The first-order valence-electron chi connectivity index (χ1n) is 5.66. The van der Waals surface area contributed by atoms with Gasteiger partial charge in [0.15, 0.2) is 5.78 Å². The minimum atomic E-state index is -0.180. The van der Waals surface area contributed by atoms with Crippen LogP contribution < -0.4 is 5.73 Å². The van der Waals surface area contributed by atoms with E-state index in [1.54, 1.807) is 0 Å². The fourth-order valence-electron chi connectivity index (χ4n) is 2.45. The zero-order valence-electron chi connectivity index (χ0n) is 10.4. The maximum atomic E-state index is 12.1. The summed E-state index contributed by atoms with van der Waals surface area (Å²) < 4.78 is 1.81. The molecule has 1 aliphatic carbocycles. The van der Waals surface area contributed by atoms with Crippen molar-refractivity contribution in [2.75, 3.05) is 0 Å². The molecule has 2 rings (SSSR count). The van der Waals surface area contributed by atoms with Gasteiger partial charge in [-0.15, -0.1) is 0 Å². The lowest BCUT2D eigenvalue weighted by Gasteiger charge is -2.29. The monoisotopic (exact) mass is 221 g/mol. The van der Waals surface area contributed by atoms with E-state index in [9.17, 15) is 4.79 Å². The van der Waals surface area contributed by atoms with Crippen LogP contribution in [0.1, 0.15) is 55.0 Å². The molecule has 4 nitrogen and oxygen atoms in total. The van der Waals surface area contributed by atoms with Crippen LogP contribution in [0.4, 0.5) is 0 Å². The van der Waals surface area contributed by atoms with Crippen molar-refractivity contribution in [1.82, 2.24) is 9.78 Å². The van der Waals surface area contributed by atoms with Gasteiger partial charge in [-0.25, -0.2) is 0 Å². The molecule has 0 saturated carbocycles. The normalized spacial score (nSPS) is 20.7. The van der Waals surface area contributed by atoms with Gasteiger partial charge in [-0.2, -0.15) is 5.10 Å². The number of nitrogens with two attached hydrogens (primary N) is 1. The standard InChI is InChI=1S/C12H19N3O/c1-7(13)11-10-8(15(4)14-11)5-12(2,3)6-9(10)16/h7H,5-6,13H2,1-4H3. The molecule has 0 fully saturated rings. The Labute approximate surface area is 95.8 Å². The Bertz CT molecular complexity index is 443. The SMILES string of the molecule is CC(N)c1nn(C)c2c1C(=O)CC(C)(C)C2. The lowest BCUT2D eigenvalue weighted by molar-refractivity contribution is 0.0909. The minimum Gasteiger partial charge on any atom is -0.323 e. The summed E-state index contributed by atoms with van der Waals surface area (Å²) in [6, 6.07) is -0.180. The van der Waals surface area contributed by atoms with E-state index in [0.29, 0.717) is 6.42 Å². The van der Waals surface area contributed by atoms with Crippen molar-refractivity contribution in [1.29, 1.82) is 0 Å². The van der Waals surface area contributed by atoms with Crippen LogP contribution in [-0.4, -0.2) is 15.6 Å². The molecular weight excluding hydrogens is 202 g/mol. The summed E-state index contributed by atoms with van der Waals surface area (Å²) in [5, 5.41) is 4.38. The number of Topliss-reactive ketones (excluding diaryl/α,β-unsaturated/α-hetero) is 1. The highest BCUT2D eigenvalue weighted by atomic mass is 16.1. The third kappa shape index (κ3) is 1.67. The highest BCUT2D eigenvalue weighted by molar-refractivity contribution is 5.99. The number of nitrogens with zero attached hydrogens (tertiary/aromatic N) is 2. The van der Waals surface area contributed by atoms with Crippen molar-refractivity contribution in [3.63, 3.8) is 0 Å². The van der Waals surface area contributed by atoms with Gasteiger partial charge in [0, 0.05) is 25.2 Å². The average Bonchev–Trinajstić information content (AvgIpc) is 2.42. The number of carbonyl (C=O) groups is 1. The van der Waals surface area contributed by atoms with Gasteiger partial charge in [0.2, 0.25) is 0 Å². The molecule has 88 valence electrons.